The summed E-state index contributed by atoms with van der Waals surface area (Å²) < 4.78 is 0.801. The van der Waals surface area contributed by atoms with E-state index in [2.05, 4.69) is 27.8 Å². The number of rotatable bonds is 4. The first-order chi connectivity index (χ1) is 9.51. The first-order valence-corrected chi connectivity index (χ1v) is 7.65. The molecule has 0 bridgehead atoms. The van der Waals surface area contributed by atoms with Crippen LogP contribution in [0.5, 0.6) is 0 Å². The zero-order valence-corrected chi connectivity index (χ0v) is 13.2. The van der Waals surface area contributed by atoms with Crippen LogP contribution in [0.1, 0.15) is 18.9 Å². The number of nitro benzene ring substituents is 1. The minimum Gasteiger partial charge on any atom is -0.330 e. The molecule has 0 radical (unpaired) electrons. The maximum atomic E-state index is 10.7. The SMILES string of the molecule is CC1CCN(Cc2ccc([N+](=O)[O-])cc2Br)CC1CN. The van der Waals surface area contributed by atoms with Crippen LogP contribution < -0.4 is 5.73 Å². The molecule has 2 rings (SSSR count). The standard InChI is InChI=1S/C14H20BrN3O2/c1-10-4-5-17(9-12(10)7-16)8-11-2-3-13(18(19)20)6-14(11)15/h2-3,6,10,12H,4-5,7-9,16H2,1H3. The molecule has 0 amide bonds. The number of hydrogen-bond acceptors (Lipinski definition) is 4. The number of likely N-dealkylation sites (tertiary alicyclic amines) is 1. The lowest BCUT2D eigenvalue weighted by atomic mass is 9.87. The Balaban J connectivity index is 2.05. The first kappa shape index (κ1) is 15.4. The third-order valence-corrected chi connectivity index (χ3v) is 4.88. The number of nitrogens with two attached hydrogens (primary N) is 1. The molecule has 1 saturated heterocycles. The molecule has 6 heteroatoms. The highest BCUT2D eigenvalue weighted by molar-refractivity contribution is 9.10. The second kappa shape index (κ2) is 6.65. The topological polar surface area (TPSA) is 72.4 Å². The number of halogens is 1. The quantitative estimate of drug-likeness (QED) is 0.675. The van der Waals surface area contributed by atoms with Gasteiger partial charge in [-0.2, -0.15) is 0 Å². The van der Waals surface area contributed by atoms with Gasteiger partial charge in [0.05, 0.1) is 4.92 Å². The Kier molecular flexibility index (Phi) is 5.12. The van der Waals surface area contributed by atoms with Crippen molar-refractivity contribution >= 4 is 21.6 Å². The third-order valence-electron chi connectivity index (χ3n) is 4.14. The molecule has 1 aromatic rings. The summed E-state index contributed by atoms with van der Waals surface area (Å²) >= 11 is 3.43. The van der Waals surface area contributed by atoms with Gasteiger partial charge in [0.1, 0.15) is 0 Å². The van der Waals surface area contributed by atoms with E-state index >= 15 is 0 Å². The van der Waals surface area contributed by atoms with Gasteiger partial charge in [0, 0.05) is 29.7 Å². The summed E-state index contributed by atoms with van der Waals surface area (Å²) in [5, 5.41) is 10.7. The molecule has 1 aliphatic rings. The Morgan fingerprint density at radius 2 is 2.30 bits per heavy atom. The Morgan fingerprint density at radius 1 is 1.55 bits per heavy atom. The van der Waals surface area contributed by atoms with Crippen LogP contribution in [0.4, 0.5) is 5.69 Å². The van der Waals surface area contributed by atoms with Crippen LogP contribution in [0.3, 0.4) is 0 Å². The maximum absolute atomic E-state index is 10.7. The van der Waals surface area contributed by atoms with Gasteiger partial charge in [-0.3, -0.25) is 15.0 Å². The third kappa shape index (κ3) is 3.56. The minimum atomic E-state index is -0.373. The molecular weight excluding hydrogens is 322 g/mol. The molecular formula is C14H20BrN3O2. The van der Waals surface area contributed by atoms with E-state index in [0.29, 0.717) is 11.8 Å². The fourth-order valence-corrected chi connectivity index (χ4v) is 3.19. The van der Waals surface area contributed by atoms with Crippen LogP contribution >= 0.6 is 15.9 Å². The van der Waals surface area contributed by atoms with Crippen molar-refractivity contribution in [3.8, 4) is 0 Å². The molecule has 20 heavy (non-hydrogen) atoms. The van der Waals surface area contributed by atoms with Crippen LogP contribution in [0.25, 0.3) is 0 Å². The van der Waals surface area contributed by atoms with Crippen LogP contribution in [0.15, 0.2) is 22.7 Å². The monoisotopic (exact) mass is 341 g/mol. The highest BCUT2D eigenvalue weighted by Crippen LogP contribution is 2.27. The lowest BCUT2D eigenvalue weighted by molar-refractivity contribution is -0.384. The Bertz CT molecular complexity index is 495. The van der Waals surface area contributed by atoms with E-state index in [1.807, 2.05) is 6.07 Å². The molecule has 2 unspecified atom stereocenters. The highest BCUT2D eigenvalue weighted by Gasteiger charge is 2.25. The summed E-state index contributed by atoms with van der Waals surface area (Å²) in [6.45, 7) is 5.85. The molecule has 0 saturated carbocycles. The molecule has 1 heterocycles. The second-order valence-electron chi connectivity index (χ2n) is 5.53. The van der Waals surface area contributed by atoms with E-state index in [0.717, 1.165) is 42.6 Å². The van der Waals surface area contributed by atoms with Gasteiger partial charge < -0.3 is 5.73 Å². The summed E-state index contributed by atoms with van der Waals surface area (Å²) in [4.78, 5) is 12.7. The normalized spacial score (nSPS) is 23.8. The predicted octanol–water partition coefficient (Wildman–Crippen LogP) is 2.77. The maximum Gasteiger partial charge on any atom is 0.270 e. The molecule has 0 aliphatic carbocycles. The summed E-state index contributed by atoms with van der Waals surface area (Å²) in [6.07, 6.45) is 1.16. The zero-order chi connectivity index (χ0) is 14.7. The summed E-state index contributed by atoms with van der Waals surface area (Å²) in [5.41, 5.74) is 7.02. The smallest absolute Gasteiger partial charge is 0.270 e. The first-order valence-electron chi connectivity index (χ1n) is 6.86. The van der Waals surface area contributed by atoms with E-state index < -0.39 is 0 Å². The summed E-state index contributed by atoms with van der Waals surface area (Å²) in [6, 6.07) is 4.97. The zero-order valence-electron chi connectivity index (χ0n) is 11.6. The second-order valence-corrected chi connectivity index (χ2v) is 6.38. The number of nitro groups is 1. The molecule has 1 aromatic carbocycles. The fourth-order valence-electron chi connectivity index (χ4n) is 2.69. The molecule has 1 aliphatic heterocycles. The Hall–Kier alpha value is -0.980. The number of nitrogens with zero attached hydrogens (tertiary/aromatic N) is 2. The van der Waals surface area contributed by atoms with Crippen LogP contribution in [0.2, 0.25) is 0 Å². The van der Waals surface area contributed by atoms with Crippen LogP contribution in [0, 0.1) is 22.0 Å². The lowest BCUT2D eigenvalue weighted by Crippen LogP contribution is -2.42. The van der Waals surface area contributed by atoms with E-state index in [1.165, 1.54) is 0 Å². The van der Waals surface area contributed by atoms with Gasteiger partial charge in [0.25, 0.3) is 5.69 Å². The van der Waals surface area contributed by atoms with E-state index in [-0.39, 0.29) is 10.6 Å². The van der Waals surface area contributed by atoms with E-state index in [9.17, 15) is 10.1 Å². The number of non-ortho nitro benzene ring substituents is 1. The summed E-state index contributed by atoms with van der Waals surface area (Å²) in [7, 11) is 0. The van der Waals surface area contributed by atoms with Crippen molar-refractivity contribution in [2.24, 2.45) is 17.6 Å². The Labute approximate surface area is 127 Å². The van der Waals surface area contributed by atoms with Crippen molar-refractivity contribution in [3.05, 3.63) is 38.3 Å². The van der Waals surface area contributed by atoms with Crippen molar-refractivity contribution in [2.45, 2.75) is 19.9 Å². The van der Waals surface area contributed by atoms with E-state index in [4.69, 9.17) is 5.73 Å². The van der Waals surface area contributed by atoms with Gasteiger partial charge in [-0.15, -0.1) is 0 Å². The minimum absolute atomic E-state index is 0.118. The lowest BCUT2D eigenvalue weighted by Gasteiger charge is -2.36. The molecule has 0 aromatic heterocycles. The van der Waals surface area contributed by atoms with Crippen molar-refractivity contribution in [1.29, 1.82) is 0 Å². The average Bonchev–Trinajstić information content (AvgIpc) is 2.42. The number of piperidine rings is 1. The van der Waals surface area contributed by atoms with Crippen molar-refractivity contribution < 1.29 is 4.92 Å². The van der Waals surface area contributed by atoms with Crippen molar-refractivity contribution in [3.63, 3.8) is 0 Å². The summed E-state index contributed by atoms with van der Waals surface area (Å²) in [5.74, 6) is 1.22. The van der Waals surface area contributed by atoms with Crippen LogP contribution in [-0.2, 0) is 6.54 Å². The fraction of sp³-hybridized carbons (Fsp3) is 0.571. The van der Waals surface area contributed by atoms with Crippen LogP contribution in [-0.4, -0.2) is 29.5 Å². The molecule has 5 nitrogen and oxygen atoms in total. The van der Waals surface area contributed by atoms with Crippen molar-refractivity contribution in [1.82, 2.24) is 4.90 Å². The highest BCUT2D eigenvalue weighted by atomic mass is 79.9. The van der Waals surface area contributed by atoms with Gasteiger partial charge in [-0.05, 0) is 43.0 Å². The van der Waals surface area contributed by atoms with Gasteiger partial charge >= 0.3 is 0 Å². The Morgan fingerprint density at radius 3 is 2.90 bits per heavy atom. The van der Waals surface area contributed by atoms with Crippen molar-refractivity contribution in [2.75, 3.05) is 19.6 Å². The molecule has 2 N–H and O–H groups in total. The predicted molar refractivity (Wildman–Crippen MR) is 82.4 cm³/mol. The van der Waals surface area contributed by atoms with Gasteiger partial charge in [-0.1, -0.05) is 22.9 Å². The molecule has 2 atom stereocenters. The number of benzene rings is 1. The largest absolute Gasteiger partial charge is 0.330 e. The molecule has 0 spiro atoms. The van der Waals surface area contributed by atoms with Gasteiger partial charge in [-0.25, -0.2) is 0 Å². The van der Waals surface area contributed by atoms with E-state index in [1.54, 1.807) is 12.1 Å². The molecule has 1 fully saturated rings. The average molecular weight is 342 g/mol. The van der Waals surface area contributed by atoms with Gasteiger partial charge in [0.2, 0.25) is 0 Å². The van der Waals surface area contributed by atoms with Gasteiger partial charge in [0.15, 0.2) is 0 Å². The number of hydrogen-bond donors (Lipinski definition) is 1. The molecule has 110 valence electrons.